The molecule has 2 aliphatic rings. The van der Waals surface area contributed by atoms with Crippen LogP contribution >= 0.6 is 0 Å². The first-order valence-electron chi connectivity index (χ1n) is 4.25. The highest BCUT2D eigenvalue weighted by molar-refractivity contribution is 5.76. The molecule has 2 rings (SSSR count). The number of nitrogens with one attached hydrogen (secondary N) is 1. The van der Waals surface area contributed by atoms with Crippen LogP contribution in [0.1, 0.15) is 19.3 Å². The summed E-state index contributed by atoms with van der Waals surface area (Å²) >= 11 is 0. The third-order valence-electron chi connectivity index (χ3n) is 2.61. The van der Waals surface area contributed by atoms with E-state index in [1.165, 1.54) is 13.5 Å². The Labute approximate surface area is 71.2 Å². The zero-order valence-electron chi connectivity index (χ0n) is 7.13. The van der Waals surface area contributed by atoms with Gasteiger partial charge in [-0.3, -0.25) is 10.1 Å². The second kappa shape index (κ2) is 2.71. The minimum absolute atomic E-state index is 0.182. The molecule has 1 saturated carbocycles. The molecule has 1 N–H and O–H groups in total. The zero-order chi connectivity index (χ0) is 8.60. The fourth-order valence-corrected chi connectivity index (χ4v) is 1.70. The summed E-state index contributed by atoms with van der Waals surface area (Å²) in [6.45, 7) is 0.451. The van der Waals surface area contributed by atoms with Gasteiger partial charge in [-0.05, 0) is 19.3 Å². The maximum absolute atomic E-state index is 11.1. The molecule has 0 radical (unpaired) electrons. The van der Waals surface area contributed by atoms with Crippen molar-refractivity contribution >= 4 is 5.97 Å². The minimum Gasteiger partial charge on any atom is -0.468 e. The lowest BCUT2D eigenvalue weighted by molar-refractivity contribution is -0.142. The number of esters is 1. The van der Waals surface area contributed by atoms with E-state index in [4.69, 9.17) is 4.74 Å². The predicted octanol–water partition coefficient (Wildman–Crippen LogP) is 0.0280. The van der Waals surface area contributed by atoms with Crippen molar-refractivity contribution in [1.29, 1.82) is 0 Å². The van der Waals surface area contributed by atoms with E-state index in [0.29, 0.717) is 6.61 Å². The molecule has 0 aromatic heterocycles. The zero-order valence-corrected chi connectivity index (χ0v) is 7.13. The molecule has 68 valence electrons. The number of hydrogen-bond acceptors (Lipinski definition) is 4. The first kappa shape index (κ1) is 8.01. The van der Waals surface area contributed by atoms with Gasteiger partial charge in [-0.2, -0.15) is 0 Å². The maximum Gasteiger partial charge on any atom is 0.325 e. The largest absolute Gasteiger partial charge is 0.468 e. The van der Waals surface area contributed by atoms with Crippen LogP contribution in [-0.4, -0.2) is 31.5 Å². The van der Waals surface area contributed by atoms with Crippen molar-refractivity contribution in [3.63, 3.8) is 0 Å². The van der Waals surface area contributed by atoms with Gasteiger partial charge in [-0.15, -0.1) is 0 Å². The van der Waals surface area contributed by atoms with Crippen molar-refractivity contribution in [2.24, 2.45) is 0 Å². The summed E-state index contributed by atoms with van der Waals surface area (Å²) in [6, 6.07) is -0.254. The summed E-state index contributed by atoms with van der Waals surface area (Å²) in [5.74, 6) is -0.223. The fraction of sp³-hybridized carbons (Fsp3) is 0.875. The van der Waals surface area contributed by atoms with Crippen LogP contribution in [0.5, 0.6) is 0 Å². The van der Waals surface area contributed by atoms with Crippen LogP contribution in [0.25, 0.3) is 0 Å². The molecule has 0 amide bonds. The maximum atomic E-state index is 11.1. The van der Waals surface area contributed by atoms with E-state index in [1.807, 2.05) is 0 Å². The molecule has 4 nitrogen and oxygen atoms in total. The molecular weight excluding hydrogens is 158 g/mol. The number of methoxy groups -OCH3 is 1. The third-order valence-corrected chi connectivity index (χ3v) is 2.61. The van der Waals surface area contributed by atoms with Gasteiger partial charge in [0.25, 0.3) is 0 Å². The highest BCUT2D eigenvalue weighted by Gasteiger charge is 2.46. The Balaban J connectivity index is 1.93. The second-order valence-electron chi connectivity index (χ2n) is 3.38. The lowest BCUT2D eigenvalue weighted by atomic mass is 9.88. The van der Waals surface area contributed by atoms with E-state index in [2.05, 4.69) is 10.1 Å². The Bertz CT molecular complexity index is 200. The van der Waals surface area contributed by atoms with Crippen LogP contribution < -0.4 is 5.32 Å². The van der Waals surface area contributed by atoms with Crippen LogP contribution in [0.3, 0.4) is 0 Å². The Morgan fingerprint density at radius 1 is 1.67 bits per heavy atom. The van der Waals surface area contributed by atoms with Crippen molar-refractivity contribution in [1.82, 2.24) is 5.32 Å². The summed E-state index contributed by atoms with van der Waals surface area (Å²) in [7, 11) is 1.40. The van der Waals surface area contributed by atoms with Gasteiger partial charge in [0.1, 0.15) is 11.8 Å². The number of carbonyl (C=O) groups excluding carboxylic acids is 1. The normalized spacial score (nSPS) is 31.6. The molecule has 0 aromatic carbocycles. The van der Waals surface area contributed by atoms with Crippen molar-refractivity contribution in [3.8, 4) is 0 Å². The summed E-state index contributed by atoms with van der Waals surface area (Å²) in [4.78, 5) is 11.1. The summed E-state index contributed by atoms with van der Waals surface area (Å²) < 4.78 is 10.1. The van der Waals surface area contributed by atoms with Gasteiger partial charge in [0, 0.05) is 0 Å². The van der Waals surface area contributed by atoms with Gasteiger partial charge in [0.05, 0.1) is 13.7 Å². The Morgan fingerprint density at radius 2 is 2.42 bits per heavy atom. The average molecular weight is 171 g/mol. The van der Waals surface area contributed by atoms with Gasteiger partial charge < -0.3 is 9.47 Å². The highest BCUT2D eigenvalue weighted by atomic mass is 16.5. The van der Waals surface area contributed by atoms with E-state index >= 15 is 0 Å². The predicted molar refractivity (Wildman–Crippen MR) is 41.5 cm³/mol. The van der Waals surface area contributed by atoms with Crippen LogP contribution in [0.4, 0.5) is 0 Å². The van der Waals surface area contributed by atoms with Crippen LogP contribution in [0.2, 0.25) is 0 Å². The molecular formula is C8H13NO3. The van der Waals surface area contributed by atoms with E-state index in [-0.39, 0.29) is 17.7 Å². The Kier molecular flexibility index (Phi) is 1.81. The van der Waals surface area contributed by atoms with E-state index in [9.17, 15) is 4.79 Å². The highest BCUT2D eigenvalue weighted by Crippen LogP contribution is 2.36. The molecule has 12 heavy (non-hydrogen) atoms. The van der Waals surface area contributed by atoms with Crippen molar-refractivity contribution < 1.29 is 14.3 Å². The average Bonchev–Trinajstić information content (AvgIpc) is 2.46. The van der Waals surface area contributed by atoms with Crippen LogP contribution in [0, 0.1) is 0 Å². The topological polar surface area (TPSA) is 47.6 Å². The lowest BCUT2D eigenvalue weighted by Crippen LogP contribution is -2.51. The first-order chi connectivity index (χ1) is 5.76. The quantitative estimate of drug-likeness (QED) is 0.565. The van der Waals surface area contributed by atoms with Crippen molar-refractivity contribution in [2.75, 3.05) is 13.7 Å². The fourth-order valence-electron chi connectivity index (χ4n) is 1.70. The molecule has 2 fully saturated rings. The molecule has 0 aromatic rings. The standard InChI is InChI=1S/C8H13NO3/c1-11-7(10)6-5-12-8(9-6)3-2-4-8/h6,9H,2-5H2,1H3. The van der Waals surface area contributed by atoms with Crippen LogP contribution in [-0.2, 0) is 14.3 Å². The van der Waals surface area contributed by atoms with Crippen molar-refractivity contribution in [3.05, 3.63) is 0 Å². The Hall–Kier alpha value is -0.610. The second-order valence-corrected chi connectivity index (χ2v) is 3.38. The van der Waals surface area contributed by atoms with Gasteiger partial charge in [-0.1, -0.05) is 0 Å². The first-order valence-corrected chi connectivity index (χ1v) is 4.25. The summed E-state index contributed by atoms with van der Waals surface area (Å²) in [6.07, 6.45) is 3.21. The van der Waals surface area contributed by atoms with Gasteiger partial charge in [0.15, 0.2) is 0 Å². The number of ether oxygens (including phenoxy) is 2. The van der Waals surface area contributed by atoms with E-state index in [1.54, 1.807) is 0 Å². The molecule has 1 aliphatic carbocycles. The van der Waals surface area contributed by atoms with Crippen molar-refractivity contribution in [2.45, 2.75) is 31.0 Å². The number of rotatable bonds is 1. The SMILES string of the molecule is COC(=O)C1COC2(CCC2)N1. The minimum atomic E-state index is -0.254. The molecule has 1 saturated heterocycles. The van der Waals surface area contributed by atoms with Gasteiger partial charge >= 0.3 is 5.97 Å². The van der Waals surface area contributed by atoms with E-state index in [0.717, 1.165) is 12.8 Å². The number of carbonyl (C=O) groups is 1. The summed E-state index contributed by atoms with van der Waals surface area (Å²) in [5.41, 5.74) is -0.182. The Morgan fingerprint density at radius 3 is 2.83 bits per heavy atom. The molecule has 4 heteroatoms. The van der Waals surface area contributed by atoms with Gasteiger partial charge in [-0.25, -0.2) is 0 Å². The lowest BCUT2D eigenvalue weighted by Gasteiger charge is -2.37. The van der Waals surface area contributed by atoms with Crippen LogP contribution in [0.15, 0.2) is 0 Å². The molecule has 0 bridgehead atoms. The molecule has 1 aliphatic heterocycles. The number of hydrogen-bond donors (Lipinski definition) is 1. The molecule has 1 spiro atoms. The van der Waals surface area contributed by atoms with E-state index < -0.39 is 0 Å². The third kappa shape index (κ3) is 1.11. The smallest absolute Gasteiger partial charge is 0.325 e. The molecule has 1 heterocycles. The van der Waals surface area contributed by atoms with Gasteiger partial charge in [0.2, 0.25) is 0 Å². The summed E-state index contributed by atoms with van der Waals surface area (Å²) in [5, 5.41) is 3.16. The molecule has 1 unspecified atom stereocenters. The molecule has 1 atom stereocenters. The monoisotopic (exact) mass is 171 g/mol.